The lowest BCUT2D eigenvalue weighted by atomic mass is 10.1. The molecule has 3 N–H and O–H groups in total. The van der Waals surface area contributed by atoms with E-state index in [4.69, 9.17) is 28.9 Å². The van der Waals surface area contributed by atoms with Crippen LogP contribution in [0.2, 0.25) is 5.02 Å². The SMILES string of the molecule is Cc1cccc(C(=O)NC(=S)Nc2cc(/C=C/C(=O)O)ccc2Cl)c1. The van der Waals surface area contributed by atoms with Gasteiger partial charge in [-0.15, -0.1) is 0 Å². The van der Waals surface area contributed by atoms with Crippen molar-refractivity contribution in [3.05, 3.63) is 70.3 Å². The first-order valence-corrected chi connectivity index (χ1v) is 8.03. The Hall–Kier alpha value is -2.70. The highest BCUT2D eigenvalue weighted by Gasteiger charge is 2.09. The number of aryl methyl sites for hydroxylation is 1. The lowest BCUT2D eigenvalue weighted by Gasteiger charge is -2.12. The van der Waals surface area contributed by atoms with Crippen LogP contribution in [0.3, 0.4) is 0 Å². The van der Waals surface area contributed by atoms with Crippen molar-refractivity contribution in [3.8, 4) is 0 Å². The van der Waals surface area contributed by atoms with Crippen LogP contribution in [-0.2, 0) is 4.79 Å². The Labute approximate surface area is 155 Å². The van der Waals surface area contributed by atoms with E-state index < -0.39 is 5.97 Å². The Kier molecular flexibility index (Phi) is 6.27. The normalized spacial score (nSPS) is 10.5. The van der Waals surface area contributed by atoms with Gasteiger partial charge < -0.3 is 10.4 Å². The summed E-state index contributed by atoms with van der Waals surface area (Å²) >= 11 is 11.2. The maximum absolute atomic E-state index is 12.2. The molecule has 0 fully saturated rings. The molecule has 0 aromatic heterocycles. The number of hydrogen-bond donors (Lipinski definition) is 3. The topological polar surface area (TPSA) is 78.4 Å². The van der Waals surface area contributed by atoms with Crippen LogP contribution >= 0.6 is 23.8 Å². The maximum atomic E-state index is 12.2. The highest BCUT2D eigenvalue weighted by Crippen LogP contribution is 2.23. The summed E-state index contributed by atoms with van der Waals surface area (Å²) in [4.78, 5) is 22.8. The summed E-state index contributed by atoms with van der Waals surface area (Å²) < 4.78 is 0. The summed E-state index contributed by atoms with van der Waals surface area (Å²) in [6.07, 6.45) is 2.45. The fourth-order valence-electron chi connectivity index (χ4n) is 2.03. The molecule has 0 spiro atoms. The summed E-state index contributed by atoms with van der Waals surface area (Å²) in [6.45, 7) is 1.89. The minimum absolute atomic E-state index is 0.0905. The van der Waals surface area contributed by atoms with E-state index in [9.17, 15) is 9.59 Å². The summed E-state index contributed by atoms with van der Waals surface area (Å²) in [5, 5.41) is 14.6. The van der Waals surface area contributed by atoms with Crippen LogP contribution in [0.1, 0.15) is 21.5 Å². The summed E-state index contributed by atoms with van der Waals surface area (Å²) in [7, 11) is 0. The van der Waals surface area contributed by atoms with Crippen molar-refractivity contribution in [1.29, 1.82) is 0 Å². The number of carboxylic acid groups (broad SMARTS) is 1. The van der Waals surface area contributed by atoms with Crippen molar-refractivity contribution in [2.75, 3.05) is 5.32 Å². The van der Waals surface area contributed by atoms with Gasteiger partial charge in [-0.1, -0.05) is 35.4 Å². The number of benzene rings is 2. The summed E-state index contributed by atoms with van der Waals surface area (Å²) in [5.41, 5.74) is 2.55. The molecule has 0 saturated heterocycles. The average Bonchev–Trinajstić information content (AvgIpc) is 2.55. The molecule has 0 aliphatic carbocycles. The van der Waals surface area contributed by atoms with Gasteiger partial charge in [-0.2, -0.15) is 0 Å². The number of thiocarbonyl (C=S) groups is 1. The molecule has 1 amide bonds. The second-order valence-corrected chi connectivity index (χ2v) is 6.00. The molecule has 2 aromatic rings. The zero-order valence-electron chi connectivity index (χ0n) is 13.2. The van der Waals surface area contributed by atoms with Gasteiger partial charge in [0.2, 0.25) is 0 Å². The third kappa shape index (κ3) is 5.70. The van der Waals surface area contributed by atoms with Crippen molar-refractivity contribution in [2.24, 2.45) is 0 Å². The van der Waals surface area contributed by atoms with E-state index in [2.05, 4.69) is 10.6 Å². The Balaban J connectivity index is 2.08. The zero-order chi connectivity index (χ0) is 18.4. The van der Waals surface area contributed by atoms with Gasteiger partial charge in [0.25, 0.3) is 5.91 Å². The molecule has 0 bridgehead atoms. The molecule has 0 aliphatic rings. The molecule has 128 valence electrons. The quantitative estimate of drug-likeness (QED) is 0.559. The molecule has 0 radical (unpaired) electrons. The van der Waals surface area contributed by atoms with Gasteiger partial charge >= 0.3 is 5.97 Å². The van der Waals surface area contributed by atoms with Crippen LogP contribution in [0.15, 0.2) is 48.5 Å². The summed E-state index contributed by atoms with van der Waals surface area (Å²) in [5.74, 6) is -1.38. The van der Waals surface area contributed by atoms with Gasteiger partial charge in [0.05, 0.1) is 10.7 Å². The molecule has 0 heterocycles. The molecule has 0 atom stereocenters. The molecule has 7 heteroatoms. The predicted molar refractivity (Wildman–Crippen MR) is 103 cm³/mol. The Morgan fingerprint density at radius 1 is 1.20 bits per heavy atom. The van der Waals surface area contributed by atoms with Crippen LogP contribution in [0.25, 0.3) is 6.08 Å². The Morgan fingerprint density at radius 2 is 1.96 bits per heavy atom. The number of carboxylic acids is 1. The number of carbonyl (C=O) groups excluding carboxylic acids is 1. The second kappa shape index (κ2) is 8.41. The number of hydrogen-bond acceptors (Lipinski definition) is 3. The monoisotopic (exact) mass is 374 g/mol. The van der Waals surface area contributed by atoms with Gasteiger partial charge in [-0.3, -0.25) is 10.1 Å². The average molecular weight is 375 g/mol. The molecule has 0 aliphatic heterocycles. The van der Waals surface area contributed by atoms with Gasteiger partial charge in [0, 0.05) is 11.6 Å². The van der Waals surface area contributed by atoms with E-state index in [1.807, 2.05) is 13.0 Å². The van der Waals surface area contributed by atoms with Crippen molar-refractivity contribution < 1.29 is 14.7 Å². The van der Waals surface area contributed by atoms with E-state index in [0.717, 1.165) is 11.6 Å². The first-order valence-electron chi connectivity index (χ1n) is 7.25. The number of anilines is 1. The zero-order valence-corrected chi connectivity index (χ0v) is 14.8. The van der Waals surface area contributed by atoms with Crippen LogP contribution in [0, 0.1) is 6.92 Å². The van der Waals surface area contributed by atoms with E-state index >= 15 is 0 Å². The largest absolute Gasteiger partial charge is 0.478 e. The minimum atomic E-state index is -1.05. The van der Waals surface area contributed by atoms with E-state index in [0.29, 0.717) is 21.8 Å². The fourth-order valence-corrected chi connectivity index (χ4v) is 2.39. The van der Waals surface area contributed by atoms with Crippen molar-refractivity contribution in [3.63, 3.8) is 0 Å². The van der Waals surface area contributed by atoms with Crippen LogP contribution < -0.4 is 10.6 Å². The van der Waals surface area contributed by atoms with Gasteiger partial charge in [-0.25, -0.2) is 4.79 Å². The molecule has 0 unspecified atom stereocenters. The van der Waals surface area contributed by atoms with Crippen molar-refractivity contribution >= 4 is 52.6 Å². The third-order valence-electron chi connectivity index (χ3n) is 3.16. The van der Waals surface area contributed by atoms with Crippen molar-refractivity contribution in [2.45, 2.75) is 6.92 Å². The molecular weight excluding hydrogens is 360 g/mol. The Bertz CT molecular complexity index is 865. The first kappa shape index (κ1) is 18.6. The summed E-state index contributed by atoms with van der Waals surface area (Å²) in [6, 6.07) is 12.0. The van der Waals surface area contributed by atoms with Gasteiger partial charge in [0.1, 0.15) is 0 Å². The first-order chi connectivity index (χ1) is 11.8. The number of rotatable bonds is 4. The molecule has 2 rings (SSSR count). The predicted octanol–water partition coefficient (Wildman–Crippen LogP) is 3.87. The molecule has 2 aromatic carbocycles. The maximum Gasteiger partial charge on any atom is 0.328 e. The minimum Gasteiger partial charge on any atom is -0.478 e. The van der Waals surface area contributed by atoms with Crippen LogP contribution in [0.4, 0.5) is 5.69 Å². The van der Waals surface area contributed by atoms with Crippen molar-refractivity contribution in [1.82, 2.24) is 5.32 Å². The number of halogens is 1. The molecule has 5 nitrogen and oxygen atoms in total. The number of nitrogens with one attached hydrogen (secondary N) is 2. The number of amides is 1. The highest BCUT2D eigenvalue weighted by atomic mass is 35.5. The third-order valence-corrected chi connectivity index (χ3v) is 3.70. The van der Waals surface area contributed by atoms with Crippen LogP contribution in [0.5, 0.6) is 0 Å². The number of aliphatic carboxylic acids is 1. The van der Waals surface area contributed by atoms with Crippen LogP contribution in [-0.4, -0.2) is 22.1 Å². The van der Waals surface area contributed by atoms with Gasteiger partial charge in [0.15, 0.2) is 5.11 Å². The lowest BCUT2D eigenvalue weighted by Crippen LogP contribution is -2.34. The molecular formula is C18H15ClN2O3S. The highest BCUT2D eigenvalue weighted by molar-refractivity contribution is 7.80. The smallest absolute Gasteiger partial charge is 0.328 e. The fraction of sp³-hybridized carbons (Fsp3) is 0.0556. The molecule has 25 heavy (non-hydrogen) atoms. The van der Waals surface area contributed by atoms with E-state index in [-0.39, 0.29) is 11.0 Å². The van der Waals surface area contributed by atoms with E-state index in [1.165, 1.54) is 6.08 Å². The van der Waals surface area contributed by atoms with Gasteiger partial charge in [-0.05, 0) is 55.0 Å². The standard InChI is InChI=1S/C18H15ClN2O3S/c1-11-3-2-4-13(9-11)17(24)21-18(25)20-15-10-12(5-7-14(15)19)6-8-16(22)23/h2-10H,1H3,(H,22,23)(H2,20,21,24,25)/b8-6+. The van der Waals surface area contributed by atoms with E-state index in [1.54, 1.807) is 36.4 Å². The molecule has 0 saturated carbocycles. The lowest BCUT2D eigenvalue weighted by molar-refractivity contribution is -0.131. The second-order valence-electron chi connectivity index (χ2n) is 5.19. The Morgan fingerprint density at radius 3 is 2.64 bits per heavy atom. The number of carbonyl (C=O) groups is 2.